The second-order valence-electron chi connectivity index (χ2n) is 16.0. The molecule has 0 atom stereocenters. The van der Waals surface area contributed by atoms with Crippen molar-refractivity contribution in [3.05, 3.63) is 212 Å². The zero-order chi connectivity index (χ0) is 40.7. The summed E-state index contributed by atoms with van der Waals surface area (Å²) in [6.45, 7) is 0. The maximum atomic E-state index is 5.05. The van der Waals surface area contributed by atoms with Crippen molar-refractivity contribution in [3.8, 4) is 45.5 Å². The largest absolute Gasteiger partial charge is 0.309 e. The van der Waals surface area contributed by atoms with Crippen LogP contribution in [0.25, 0.3) is 121 Å². The molecule has 5 heteroatoms. The summed E-state index contributed by atoms with van der Waals surface area (Å²) in [5, 5.41) is 12.2. The summed E-state index contributed by atoms with van der Waals surface area (Å²) >= 11 is 0. The lowest BCUT2D eigenvalue weighted by molar-refractivity contribution is 1.07. The van der Waals surface area contributed by atoms with E-state index in [2.05, 4.69) is 161 Å². The Bertz CT molecular complexity index is 3860. The second-order valence-corrected chi connectivity index (χ2v) is 16.0. The highest BCUT2D eigenvalue weighted by Gasteiger charge is 2.23. The average molecular weight is 790 g/mol. The summed E-state index contributed by atoms with van der Waals surface area (Å²) in [4.78, 5) is 15.0. The molecule has 0 aliphatic carbocycles. The average Bonchev–Trinajstić information content (AvgIpc) is 3.87. The Kier molecular flexibility index (Phi) is 7.54. The van der Waals surface area contributed by atoms with Crippen LogP contribution in [0.3, 0.4) is 0 Å². The third kappa shape index (κ3) is 5.25. The summed E-state index contributed by atoms with van der Waals surface area (Å²) in [5.74, 6) is 1.93. The highest BCUT2D eigenvalue weighted by Crippen LogP contribution is 2.45. The summed E-state index contributed by atoms with van der Waals surface area (Å²) in [7, 11) is 0. The van der Waals surface area contributed by atoms with Crippen molar-refractivity contribution in [3.63, 3.8) is 0 Å². The van der Waals surface area contributed by atoms with Gasteiger partial charge in [0.05, 0.1) is 27.8 Å². The van der Waals surface area contributed by atoms with Gasteiger partial charge in [-0.3, -0.25) is 0 Å². The quantitative estimate of drug-likeness (QED) is 0.174. The van der Waals surface area contributed by atoms with Gasteiger partial charge >= 0.3 is 0 Å². The molecule has 13 rings (SSSR count). The van der Waals surface area contributed by atoms with E-state index in [1.54, 1.807) is 0 Å². The minimum atomic E-state index is 0.638. The van der Waals surface area contributed by atoms with E-state index in [1.165, 1.54) is 59.6 Å². The molecule has 13 aromatic rings. The van der Waals surface area contributed by atoms with Crippen molar-refractivity contribution in [1.29, 1.82) is 0 Å². The third-order valence-corrected chi connectivity index (χ3v) is 12.5. The molecule has 0 fully saturated rings. The minimum Gasteiger partial charge on any atom is -0.309 e. The molecule has 0 amide bonds. The smallest absolute Gasteiger partial charge is 0.164 e. The molecular formula is C57H35N5. The van der Waals surface area contributed by atoms with Crippen molar-refractivity contribution in [2.45, 2.75) is 0 Å². The van der Waals surface area contributed by atoms with Crippen LogP contribution >= 0.6 is 0 Å². The fraction of sp³-hybridized carbons (Fsp3) is 0. The van der Waals surface area contributed by atoms with Gasteiger partial charge < -0.3 is 9.13 Å². The van der Waals surface area contributed by atoms with Gasteiger partial charge in [0.15, 0.2) is 17.5 Å². The van der Waals surface area contributed by atoms with Crippen LogP contribution in [0.15, 0.2) is 212 Å². The topological polar surface area (TPSA) is 48.5 Å². The Balaban J connectivity index is 1.05. The monoisotopic (exact) mass is 789 g/mol. The molecule has 0 saturated carbocycles. The maximum Gasteiger partial charge on any atom is 0.164 e. The first-order valence-corrected chi connectivity index (χ1v) is 21.0. The van der Waals surface area contributed by atoms with Gasteiger partial charge in [-0.15, -0.1) is 0 Å². The molecule has 0 N–H and O–H groups in total. The lowest BCUT2D eigenvalue weighted by atomic mass is 10.0. The molecule has 0 saturated heterocycles. The Morgan fingerprint density at radius 3 is 1.58 bits per heavy atom. The zero-order valence-corrected chi connectivity index (χ0v) is 33.4. The van der Waals surface area contributed by atoms with Crippen molar-refractivity contribution >= 4 is 75.9 Å². The molecule has 0 radical (unpaired) electrons. The fourth-order valence-corrected chi connectivity index (χ4v) is 9.72. The molecular weight excluding hydrogens is 755 g/mol. The molecule has 10 aromatic carbocycles. The van der Waals surface area contributed by atoms with Crippen LogP contribution in [0.1, 0.15) is 0 Å². The second kappa shape index (κ2) is 13.6. The highest BCUT2D eigenvalue weighted by atomic mass is 15.0. The van der Waals surface area contributed by atoms with Crippen LogP contribution < -0.4 is 0 Å². The molecule has 62 heavy (non-hydrogen) atoms. The molecule has 3 aromatic heterocycles. The number of para-hydroxylation sites is 1. The van der Waals surface area contributed by atoms with Crippen LogP contribution in [0.4, 0.5) is 0 Å². The number of rotatable bonds is 5. The third-order valence-electron chi connectivity index (χ3n) is 12.5. The first kappa shape index (κ1) is 34.5. The summed E-state index contributed by atoms with van der Waals surface area (Å²) in [5.41, 5.74) is 9.81. The van der Waals surface area contributed by atoms with E-state index in [-0.39, 0.29) is 0 Å². The van der Waals surface area contributed by atoms with Crippen LogP contribution in [-0.2, 0) is 0 Å². The minimum absolute atomic E-state index is 0.638. The van der Waals surface area contributed by atoms with Gasteiger partial charge in [-0.1, -0.05) is 164 Å². The summed E-state index contributed by atoms with van der Waals surface area (Å²) in [6, 6.07) is 75.8. The van der Waals surface area contributed by atoms with E-state index in [9.17, 15) is 0 Å². The van der Waals surface area contributed by atoms with E-state index in [0.717, 1.165) is 44.4 Å². The summed E-state index contributed by atoms with van der Waals surface area (Å²) < 4.78 is 4.92. The SMILES string of the molecule is c1ccc(-c2nc(-c3ccccc3)nc(-c3ccc4c(-n5c6ccccc6c6c7c8c9ccccc9ccc8n(-c8ccc9ccccc9c8)c7ccc65)cccc4c3)n2)cc1. The molecule has 0 bridgehead atoms. The number of hydrogen-bond acceptors (Lipinski definition) is 3. The number of aromatic nitrogens is 5. The molecule has 0 aliphatic heterocycles. The van der Waals surface area contributed by atoms with Gasteiger partial charge in [-0.2, -0.15) is 0 Å². The van der Waals surface area contributed by atoms with Crippen LogP contribution in [-0.4, -0.2) is 24.1 Å². The van der Waals surface area contributed by atoms with E-state index >= 15 is 0 Å². The van der Waals surface area contributed by atoms with E-state index < -0.39 is 0 Å². The van der Waals surface area contributed by atoms with Crippen LogP contribution in [0.2, 0.25) is 0 Å². The number of nitrogens with zero attached hydrogens (tertiary/aromatic N) is 5. The Hall–Kier alpha value is -8.41. The Morgan fingerprint density at radius 1 is 0.274 bits per heavy atom. The lowest BCUT2D eigenvalue weighted by Gasteiger charge is -2.13. The number of fused-ring (bicyclic) bond motifs is 11. The Labute approximate surface area is 356 Å². The molecule has 0 spiro atoms. The standard InChI is InChI=1S/C57H35N5/c1-3-16-38(17-4-1)55-58-56(39-18-5-2-6-19-39)60-57(59-55)42-27-30-44-41(34-42)21-13-25-47(44)62-48-24-12-11-23-46(48)53-50(62)32-33-51-54(53)52-45-22-10-9-15-37(45)28-31-49(52)61(51)43-29-26-36-14-7-8-20-40(36)35-43/h1-35H. The fourth-order valence-electron chi connectivity index (χ4n) is 9.72. The van der Waals surface area contributed by atoms with Gasteiger partial charge in [0.25, 0.3) is 0 Å². The van der Waals surface area contributed by atoms with Gasteiger partial charge in [-0.05, 0) is 75.5 Å². The van der Waals surface area contributed by atoms with Gasteiger partial charge in [-0.25, -0.2) is 15.0 Å². The van der Waals surface area contributed by atoms with Gasteiger partial charge in [0.1, 0.15) is 0 Å². The van der Waals surface area contributed by atoms with E-state index in [0.29, 0.717) is 17.5 Å². The number of hydrogen-bond donors (Lipinski definition) is 0. The molecule has 5 nitrogen and oxygen atoms in total. The molecule has 0 aliphatic rings. The van der Waals surface area contributed by atoms with Crippen LogP contribution in [0, 0.1) is 0 Å². The van der Waals surface area contributed by atoms with Crippen molar-refractivity contribution in [2.24, 2.45) is 0 Å². The predicted molar refractivity (Wildman–Crippen MR) is 257 cm³/mol. The highest BCUT2D eigenvalue weighted by molar-refractivity contribution is 6.33. The molecule has 0 unspecified atom stereocenters. The van der Waals surface area contributed by atoms with Crippen molar-refractivity contribution in [2.75, 3.05) is 0 Å². The van der Waals surface area contributed by atoms with E-state index in [4.69, 9.17) is 15.0 Å². The zero-order valence-electron chi connectivity index (χ0n) is 33.4. The van der Waals surface area contributed by atoms with E-state index in [1.807, 2.05) is 60.7 Å². The molecule has 288 valence electrons. The van der Waals surface area contributed by atoms with Crippen LogP contribution in [0.5, 0.6) is 0 Å². The number of benzene rings is 10. The maximum absolute atomic E-state index is 5.05. The van der Waals surface area contributed by atoms with Crippen molar-refractivity contribution in [1.82, 2.24) is 24.1 Å². The molecule has 3 heterocycles. The lowest BCUT2D eigenvalue weighted by Crippen LogP contribution is -2.00. The summed E-state index contributed by atoms with van der Waals surface area (Å²) in [6.07, 6.45) is 0. The van der Waals surface area contributed by atoms with Crippen molar-refractivity contribution < 1.29 is 0 Å². The first-order valence-electron chi connectivity index (χ1n) is 21.0. The normalized spacial score (nSPS) is 11.9. The predicted octanol–water partition coefficient (Wildman–Crippen LogP) is 14.5. The van der Waals surface area contributed by atoms with Gasteiger partial charge in [0.2, 0.25) is 0 Å². The Morgan fingerprint density at radius 2 is 0.823 bits per heavy atom. The first-order chi connectivity index (χ1) is 30.7. The van der Waals surface area contributed by atoms with Gasteiger partial charge in [0, 0.05) is 49.3 Å².